The molecule has 0 spiro atoms. The van der Waals surface area contributed by atoms with Crippen LogP contribution in [0.1, 0.15) is 19.8 Å². The highest BCUT2D eigenvalue weighted by molar-refractivity contribution is 5.75. The van der Waals surface area contributed by atoms with Crippen LogP contribution in [0, 0.1) is 5.92 Å². The van der Waals surface area contributed by atoms with E-state index in [0.717, 1.165) is 12.8 Å². The number of nitrogens with zero attached hydrogens (tertiary/aromatic N) is 1. The fraction of sp³-hybridized carbons (Fsp3) is 0.667. The van der Waals surface area contributed by atoms with Crippen molar-refractivity contribution in [2.75, 3.05) is 20.3 Å². The first-order valence-electron chi connectivity index (χ1n) is 5.72. The van der Waals surface area contributed by atoms with Crippen molar-refractivity contribution >= 4 is 12.1 Å². The van der Waals surface area contributed by atoms with E-state index in [-0.39, 0.29) is 24.5 Å². The van der Waals surface area contributed by atoms with Gasteiger partial charge in [0.25, 0.3) is 0 Å². The smallest absolute Gasteiger partial charge is 0.410 e. The molecule has 0 aliphatic carbocycles. The molecule has 5 heteroatoms. The van der Waals surface area contributed by atoms with Crippen LogP contribution >= 0.6 is 0 Å². The predicted molar refractivity (Wildman–Crippen MR) is 62.5 cm³/mol. The summed E-state index contributed by atoms with van der Waals surface area (Å²) in [5.41, 5.74) is 0. The monoisotopic (exact) mass is 241 g/mol. The van der Waals surface area contributed by atoms with Crippen molar-refractivity contribution in [1.82, 2.24) is 4.90 Å². The standard InChI is InChI=1S/C12H19NO4/c1-4-7-17-12(15)13-8-10(11(14)16-3)6-5-9(13)2/h4,9-10H,1,5-8H2,2-3H3. The van der Waals surface area contributed by atoms with Crippen molar-refractivity contribution in [1.29, 1.82) is 0 Å². The molecule has 0 saturated carbocycles. The lowest BCUT2D eigenvalue weighted by Gasteiger charge is -2.35. The summed E-state index contributed by atoms with van der Waals surface area (Å²) in [5.74, 6) is -0.508. The number of hydrogen-bond donors (Lipinski definition) is 0. The molecule has 1 rings (SSSR count). The molecule has 0 aromatic rings. The Bertz CT molecular complexity index is 303. The molecule has 17 heavy (non-hydrogen) atoms. The van der Waals surface area contributed by atoms with Crippen LogP contribution in [0.5, 0.6) is 0 Å². The molecule has 1 heterocycles. The summed E-state index contributed by atoms with van der Waals surface area (Å²) in [6.45, 7) is 5.98. The summed E-state index contributed by atoms with van der Waals surface area (Å²) in [6, 6.07) is 0.0909. The molecule has 2 atom stereocenters. The molecule has 1 saturated heterocycles. The number of esters is 1. The highest BCUT2D eigenvalue weighted by atomic mass is 16.6. The van der Waals surface area contributed by atoms with Gasteiger partial charge in [0.1, 0.15) is 6.61 Å². The topological polar surface area (TPSA) is 55.8 Å². The molecule has 1 amide bonds. The highest BCUT2D eigenvalue weighted by Gasteiger charge is 2.33. The van der Waals surface area contributed by atoms with Crippen LogP contribution in [0.25, 0.3) is 0 Å². The number of carbonyl (C=O) groups is 2. The summed E-state index contributed by atoms with van der Waals surface area (Å²) >= 11 is 0. The van der Waals surface area contributed by atoms with Gasteiger partial charge in [0.15, 0.2) is 0 Å². The quantitative estimate of drug-likeness (QED) is 0.556. The molecule has 5 nitrogen and oxygen atoms in total. The van der Waals surface area contributed by atoms with Gasteiger partial charge in [-0.25, -0.2) is 4.79 Å². The van der Waals surface area contributed by atoms with Crippen LogP contribution in [-0.4, -0.2) is 43.3 Å². The highest BCUT2D eigenvalue weighted by Crippen LogP contribution is 2.23. The number of likely N-dealkylation sites (tertiary alicyclic amines) is 1. The van der Waals surface area contributed by atoms with Crippen molar-refractivity contribution in [2.45, 2.75) is 25.8 Å². The molecule has 0 bridgehead atoms. The maximum Gasteiger partial charge on any atom is 0.410 e. The summed E-state index contributed by atoms with van der Waals surface area (Å²) < 4.78 is 9.68. The van der Waals surface area contributed by atoms with E-state index < -0.39 is 6.09 Å². The zero-order chi connectivity index (χ0) is 12.8. The zero-order valence-electron chi connectivity index (χ0n) is 10.3. The third-order valence-electron chi connectivity index (χ3n) is 2.98. The SMILES string of the molecule is C=CCOC(=O)N1CC(C(=O)OC)CCC1C. The average Bonchev–Trinajstić information content (AvgIpc) is 2.35. The molecule has 1 aliphatic rings. The van der Waals surface area contributed by atoms with E-state index >= 15 is 0 Å². The van der Waals surface area contributed by atoms with Gasteiger partial charge >= 0.3 is 12.1 Å². The first-order valence-corrected chi connectivity index (χ1v) is 5.72. The van der Waals surface area contributed by atoms with E-state index in [0.29, 0.717) is 6.54 Å². The Kier molecular flexibility index (Phi) is 5.00. The zero-order valence-corrected chi connectivity index (χ0v) is 10.3. The van der Waals surface area contributed by atoms with E-state index in [1.807, 2.05) is 6.92 Å². The van der Waals surface area contributed by atoms with Gasteiger partial charge in [0.2, 0.25) is 0 Å². The van der Waals surface area contributed by atoms with Gasteiger partial charge in [-0.2, -0.15) is 0 Å². The molecule has 0 aromatic heterocycles. The second-order valence-electron chi connectivity index (χ2n) is 4.16. The van der Waals surface area contributed by atoms with Gasteiger partial charge in [0, 0.05) is 12.6 Å². The normalized spacial score (nSPS) is 24.0. The number of rotatable bonds is 3. The van der Waals surface area contributed by atoms with Gasteiger partial charge in [-0.15, -0.1) is 0 Å². The molecule has 0 N–H and O–H groups in total. The fourth-order valence-corrected chi connectivity index (χ4v) is 1.93. The van der Waals surface area contributed by atoms with Crippen LogP contribution in [-0.2, 0) is 14.3 Å². The minimum absolute atomic E-state index is 0.0909. The van der Waals surface area contributed by atoms with E-state index in [1.54, 1.807) is 4.90 Å². The Hall–Kier alpha value is -1.52. The maximum absolute atomic E-state index is 11.7. The van der Waals surface area contributed by atoms with Crippen LogP contribution in [0.2, 0.25) is 0 Å². The minimum Gasteiger partial charge on any atom is -0.469 e. The van der Waals surface area contributed by atoms with Crippen LogP contribution in [0.3, 0.4) is 0 Å². The Morgan fingerprint density at radius 2 is 2.18 bits per heavy atom. The Morgan fingerprint density at radius 1 is 1.47 bits per heavy atom. The van der Waals surface area contributed by atoms with Gasteiger partial charge in [0.05, 0.1) is 13.0 Å². The summed E-state index contributed by atoms with van der Waals surface area (Å²) in [4.78, 5) is 24.7. The Morgan fingerprint density at radius 3 is 2.76 bits per heavy atom. The summed E-state index contributed by atoms with van der Waals surface area (Å²) in [7, 11) is 1.36. The first kappa shape index (κ1) is 13.5. The van der Waals surface area contributed by atoms with Gasteiger partial charge in [-0.1, -0.05) is 12.7 Å². The van der Waals surface area contributed by atoms with Gasteiger partial charge < -0.3 is 14.4 Å². The third kappa shape index (κ3) is 3.47. The van der Waals surface area contributed by atoms with Crippen molar-refractivity contribution in [3.05, 3.63) is 12.7 Å². The number of hydrogen-bond acceptors (Lipinski definition) is 4. The molecule has 2 unspecified atom stereocenters. The average molecular weight is 241 g/mol. The first-order chi connectivity index (χ1) is 8.10. The number of piperidine rings is 1. The molecule has 0 aromatic carbocycles. The van der Waals surface area contributed by atoms with E-state index in [1.165, 1.54) is 13.2 Å². The summed E-state index contributed by atoms with van der Waals surface area (Å²) in [6.07, 6.45) is 2.65. The molecular formula is C12H19NO4. The maximum atomic E-state index is 11.7. The van der Waals surface area contributed by atoms with Crippen LogP contribution in [0.4, 0.5) is 4.79 Å². The van der Waals surface area contributed by atoms with Crippen molar-refractivity contribution < 1.29 is 19.1 Å². The molecule has 96 valence electrons. The Balaban J connectivity index is 2.59. The van der Waals surface area contributed by atoms with Crippen molar-refractivity contribution in [3.8, 4) is 0 Å². The number of carbonyl (C=O) groups excluding carboxylic acids is 2. The fourth-order valence-electron chi connectivity index (χ4n) is 1.93. The number of ether oxygens (including phenoxy) is 2. The van der Waals surface area contributed by atoms with Crippen molar-refractivity contribution in [2.24, 2.45) is 5.92 Å². The number of amides is 1. The van der Waals surface area contributed by atoms with Crippen LogP contribution < -0.4 is 0 Å². The Labute approximate surface area is 101 Å². The lowest BCUT2D eigenvalue weighted by Crippen LogP contribution is -2.47. The van der Waals surface area contributed by atoms with E-state index in [2.05, 4.69) is 6.58 Å². The lowest BCUT2D eigenvalue weighted by molar-refractivity contribution is -0.147. The van der Waals surface area contributed by atoms with Gasteiger partial charge in [-0.3, -0.25) is 4.79 Å². The van der Waals surface area contributed by atoms with Gasteiger partial charge in [-0.05, 0) is 19.8 Å². The van der Waals surface area contributed by atoms with E-state index in [9.17, 15) is 9.59 Å². The molecule has 1 fully saturated rings. The molecular weight excluding hydrogens is 222 g/mol. The molecule has 1 aliphatic heterocycles. The lowest BCUT2D eigenvalue weighted by atomic mass is 9.94. The molecule has 0 radical (unpaired) electrons. The third-order valence-corrected chi connectivity index (χ3v) is 2.98. The number of methoxy groups -OCH3 is 1. The second kappa shape index (κ2) is 6.27. The van der Waals surface area contributed by atoms with Crippen molar-refractivity contribution in [3.63, 3.8) is 0 Å². The second-order valence-corrected chi connectivity index (χ2v) is 4.16. The largest absolute Gasteiger partial charge is 0.469 e. The predicted octanol–water partition coefficient (Wildman–Crippen LogP) is 1.58. The minimum atomic E-state index is -0.397. The van der Waals surface area contributed by atoms with Crippen LogP contribution in [0.15, 0.2) is 12.7 Å². The van der Waals surface area contributed by atoms with E-state index in [4.69, 9.17) is 9.47 Å². The summed E-state index contributed by atoms with van der Waals surface area (Å²) in [5, 5.41) is 0.